The summed E-state index contributed by atoms with van der Waals surface area (Å²) in [6.07, 6.45) is 2.09. The van der Waals surface area contributed by atoms with Crippen LogP contribution in [0.15, 0.2) is 24.3 Å². The molecule has 2 rings (SSSR count). The second-order valence-corrected chi connectivity index (χ2v) is 5.57. The largest absolute Gasteiger partial charge is 0.387 e. The van der Waals surface area contributed by atoms with Crippen LogP contribution < -0.4 is 5.32 Å². The van der Waals surface area contributed by atoms with Crippen molar-refractivity contribution >= 4 is 0 Å². The zero-order valence-corrected chi connectivity index (χ0v) is 12.0. The molecule has 108 valence electrons. The molecular formula is C16H23N3O. The Morgan fingerprint density at radius 2 is 1.95 bits per heavy atom. The van der Waals surface area contributed by atoms with Gasteiger partial charge in [-0.3, -0.25) is 0 Å². The average molecular weight is 273 g/mol. The zero-order valence-electron chi connectivity index (χ0n) is 12.0. The molecule has 1 saturated heterocycles. The minimum Gasteiger partial charge on any atom is -0.387 e. The van der Waals surface area contributed by atoms with Gasteiger partial charge in [-0.15, -0.1) is 0 Å². The number of rotatable bonds is 6. The lowest BCUT2D eigenvalue weighted by Gasteiger charge is -2.22. The van der Waals surface area contributed by atoms with E-state index in [0.717, 1.165) is 12.1 Å². The summed E-state index contributed by atoms with van der Waals surface area (Å²) in [6, 6.07) is 9.57. The third-order valence-corrected chi connectivity index (χ3v) is 3.81. The number of hydrogen-bond acceptors (Lipinski definition) is 4. The third-order valence-electron chi connectivity index (χ3n) is 3.81. The summed E-state index contributed by atoms with van der Waals surface area (Å²) in [5, 5.41) is 22.3. The van der Waals surface area contributed by atoms with E-state index in [9.17, 15) is 5.11 Å². The molecule has 0 aromatic heterocycles. The van der Waals surface area contributed by atoms with E-state index in [1.54, 1.807) is 12.1 Å². The summed E-state index contributed by atoms with van der Waals surface area (Å²) in [4.78, 5) is 2.46. The van der Waals surface area contributed by atoms with Crippen molar-refractivity contribution in [3.63, 3.8) is 0 Å². The van der Waals surface area contributed by atoms with Gasteiger partial charge in [0.15, 0.2) is 0 Å². The van der Waals surface area contributed by atoms with E-state index in [2.05, 4.69) is 23.2 Å². The first kappa shape index (κ1) is 15.0. The Balaban J connectivity index is 1.75. The van der Waals surface area contributed by atoms with Crippen molar-refractivity contribution in [2.45, 2.75) is 31.9 Å². The fourth-order valence-electron chi connectivity index (χ4n) is 2.63. The first-order valence-electron chi connectivity index (χ1n) is 7.33. The highest BCUT2D eigenvalue weighted by Gasteiger charge is 2.15. The number of nitrogens with zero attached hydrogens (tertiary/aromatic N) is 2. The van der Waals surface area contributed by atoms with Gasteiger partial charge in [0.1, 0.15) is 0 Å². The van der Waals surface area contributed by atoms with Gasteiger partial charge >= 0.3 is 0 Å². The molecule has 1 fully saturated rings. The number of aliphatic hydroxyl groups excluding tert-OH is 1. The lowest BCUT2D eigenvalue weighted by Crippen LogP contribution is -2.39. The van der Waals surface area contributed by atoms with Crippen LogP contribution >= 0.6 is 0 Å². The molecule has 20 heavy (non-hydrogen) atoms. The van der Waals surface area contributed by atoms with E-state index in [4.69, 9.17) is 5.26 Å². The van der Waals surface area contributed by atoms with Crippen LogP contribution in [0, 0.1) is 11.3 Å². The van der Waals surface area contributed by atoms with Crippen LogP contribution in [-0.4, -0.2) is 42.2 Å². The van der Waals surface area contributed by atoms with Crippen molar-refractivity contribution < 1.29 is 5.11 Å². The maximum atomic E-state index is 10.1. The summed E-state index contributed by atoms with van der Waals surface area (Å²) >= 11 is 0. The molecule has 0 amide bonds. The quantitative estimate of drug-likeness (QED) is 0.827. The van der Waals surface area contributed by atoms with Crippen LogP contribution in [0.1, 0.15) is 37.0 Å². The van der Waals surface area contributed by atoms with Gasteiger partial charge in [0.2, 0.25) is 0 Å². The highest BCUT2D eigenvalue weighted by molar-refractivity contribution is 5.32. The maximum Gasteiger partial charge on any atom is 0.0991 e. The van der Waals surface area contributed by atoms with Gasteiger partial charge in [-0.05, 0) is 50.6 Å². The fraction of sp³-hybridized carbons (Fsp3) is 0.562. The van der Waals surface area contributed by atoms with Crippen molar-refractivity contribution in [1.29, 1.82) is 5.26 Å². The van der Waals surface area contributed by atoms with Crippen molar-refractivity contribution in [3.05, 3.63) is 35.4 Å². The van der Waals surface area contributed by atoms with Gasteiger partial charge in [0.05, 0.1) is 17.7 Å². The van der Waals surface area contributed by atoms with Gasteiger partial charge in [-0.1, -0.05) is 12.1 Å². The standard InChI is InChI=1S/C16H23N3O/c1-13(12-19-8-2-3-9-19)18-11-16(20)15-6-4-14(10-17)5-7-15/h4-7,13,16,18,20H,2-3,8-9,11-12H2,1H3. The molecule has 0 radical (unpaired) electrons. The molecule has 4 nitrogen and oxygen atoms in total. The molecule has 1 aromatic rings. The first-order valence-corrected chi connectivity index (χ1v) is 7.33. The van der Waals surface area contributed by atoms with Crippen molar-refractivity contribution in [2.24, 2.45) is 0 Å². The summed E-state index contributed by atoms with van der Waals surface area (Å²) in [6.45, 7) is 6.14. The minimum absolute atomic E-state index is 0.376. The Morgan fingerprint density at radius 3 is 2.55 bits per heavy atom. The van der Waals surface area contributed by atoms with E-state index >= 15 is 0 Å². The zero-order chi connectivity index (χ0) is 14.4. The van der Waals surface area contributed by atoms with E-state index in [-0.39, 0.29) is 0 Å². The van der Waals surface area contributed by atoms with Crippen LogP contribution in [-0.2, 0) is 0 Å². The van der Waals surface area contributed by atoms with Crippen molar-refractivity contribution in [2.75, 3.05) is 26.2 Å². The highest BCUT2D eigenvalue weighted by Crippen LogP contribution is 2.13. The molecule has 0 bridgehead atoms. The predicted molar refractivity (Wildman–Crippen MR) is 79.3 cm³/mol. The Morgan fingerprint density at radius 1 is 1.30 bits per heavy atom. The minimum atomic E-state index is -0.524. The summed E-state index contributed by atoms with van der Waals surface area (Å²) in [5.74, 6) is 0. The number of likely N-dealkylation sites (tertiary alicyclic amines) is 1. The van der Waals surface area contributed by atoms with E-state index < -0.39 is 6.10 Å². The van der Waals surface area contributed by atoms with Gasteiger partial charge in [0.25, 0.3) is 0 Å². The maximum absolute atomic E-state index is 10.1. The molecular weight excluding hydrogens is 250 g/mol. The summed E-state index contributed by atoms with van der Waals surface area (Å²) < 4.78 is 0. The lowest BCUT2D eigenvalue weighted by molar-refractivity contribution is 0.166. The number of nitriles is 1. The number of benzene rings is 1. The molecule has 0 spiro atoms. The molecule has 2 unspecified atom stereocenters. The normalized spacial score (nSPS) is 18.6. The van der Waals surface area contributed by atoms with Gasteiger partial charge in [-0.25, -0.2) is 0 Å². The third kappa shape index (κ3) is 4.31. The number of aliphatic hydroxyl groups is 1. The first-order chi connectivity index (χ1) is 9.69. The SMILES string of the molecule is CC(CN1CCCC1)NCC(O)c1ccc(C#N)cc1. The topological polar surface area (TPSA) is 59.3 Å². The van der Waals surface area contributed by atoms with Gasteiger partial charge < -0.3 is 15.3 Å². The Hall–Kier alpha value is -1.41. The Labute approximate surface area is 121 Å². The molecule has 0 saturated carbocycles. The smallest absolute Gasteiger partial charge is 0.0991 e. The van der Waals surface area contributed by atoms with Crippen LogP contribution in [0.2, 0.25) is 0 Å². The lowest BCUT2D eigenvalue weighted by atomic mass is 10.1. The van der Waals surface area contributed by atoms with Gasteiger partial charge in [-0.2, -0.15) is 5.26 Å². The second-order valence-electron chi connectivity index (χ2n) is 5.57. The number of nitrogens with one attached hydrogen (secondary N) is 1. The van der Waals surface area contributed by atoms with E-state index in [0.29, 0.717) is 18.2 Å². The van der Waals surface area contributed by atoms with E-state index in [1.165, 1.54) is 25.9 Å². The monoisotopic (exact) mass is 273 g/mol. The molecule has 2 atom stereocenters. The van der Waals surface area contributed by atoms with Crippen molar-refractivity contribution in [3.8, 4) is 6.07 Å². The van der Waals surface area contributed by atoms with Crippen molar-refractivity contribution in [1.82, 2.24) is 10.2 Å². The fourth-order valence-corrected chi connectivity index (χ4v) is 2.63. The van der Waals surface area contributed by atoms with E-state index in [1.807, 2.05) is 12.1 Å². The van der Waals surface area contributed by atoms with Gasteiger partial charge in [0, 0.05) is 19.1 Å². The highest BCUT2D eigenvalue weighted by atomic mass is 16.3. The molecule has 2 N–H and O–H groups in total. The molecule has 1 aromatic carbocycles. The predicted octanol–water partition coefficient (Wildman–Crippen LogP) is 1.67. The molecule has 0 aliphatic carbocycles. The molecule has 1 aliphatic rings. The summed E-state index contributed by atoms with van der Waals surface area (Å²) in [7, 11) is 0. The van der Waals surface area contributed by atoms with Crippen LogP contribution in [0.5, 0.6) is 0 Å². The second kappa shape index (κ2) is 7.39. The van der Waals surface area contributed by atoms with Crippen LogP contribution in [0.4, 0.5) is 0 Å². The Bertz CT molecular complexity index is 446. The van der Waals surface area contributed by atoms with Crippen LogP contribution in [0.3, 0.4) is 0 Å². The summed E-state index contributed by atoms with van der Waals surface area (Å²) in [5.41, 5.74) is 1.47. The average Bonchev–Trinajstić information content (AvgIpc) is 2.97. The molecule has 1 heterocycles. The molecule has 1 aliphatic heterocycles. The Kier molecular flexibility index (Phi) is 5.54. The molecule has 4 heteroatoms. The van der Waals surface area contributed by atoms with Crippen LogP contribution in [0.25, 0.3) is 0 Å². The number of hydrogen-bond donors (Lipinski definition) is 2.